The van der Waals surface area contributed by atoms with Gasteiger partial charge in [0.15, 0.2) is 0 Å². The van der Waals surface area contributed by atoms with E-state index in [0.717, 1.165) is 18.4 Å². The molecule has 7 heteroatoms. The van der Waals surface area contributed by atoms with Gasteiger partial charge in [-0.15, -0.1) is 0 Å². The van der Waals surface area contributed by atoms with Crippen LogP contribution in [-0.2, 0) is 11.2 Å². The lowest BCUT2D eigenvalue weighted by molar-refractivity contribution is -0.117. The predicted octanol–water partition coefficient (Wildman–Crippen LogP) is 2.90. The third-order valence-corrected chi connectivity index (χ3v) is 5.55. The van der Waals surface area contributed by atoms with Crippen LogP contribution in [0.3, 0.4) is 0 Å². The van der Waals surface area contributed by atoms with Gasteiger partial charge in [-0.05, 0) is 67.1 Å². The molecule has 0 aromatic heterocycles. The molecule has 1 atom stereocenters. The van der Waals surface area contributed by atoms with Crippen molar-refractivity contribution in [3.63, 3.8) is 0 Å². The monoisotopic (exact) mass is 395 g/mol. The van der Waals surface area contributed by atoms with Crippen molar-refractivity contribution in [1.29, 1.82) is 0 Å². The van der Waals surface area contributed by atoms with Gasteiger partial charge in [-0.2, -0.15) is 0 Å². The van der Waals surface area contributed by atoms with Crippen molar-refractivity contribution in [3.05, 3.63) is 65.0 Å². The van der Waals surface area contributed by atoms with Crippen LogP contribution in [-0.4, -0.2) is 42.4 Å². The van der Waals surface area contributed by atoms with E-state index in [1.54, 1.807) is 43.3 Å². The molecule has 1 unspecified atom stereocenters. The first kappa shape index (κ1) is 19.1. The topological polar surface area (TPSA) is 69.7 Å². The van der Waals surface area contributed by atoms with E-state index in [1.165, 1.54) is 4.90 Å². The first-order valence-electron chi connectivity index (χ1n) is 9.66. The number of anilines is 1. The molecule has 6 nitrogen and oxygen atoms in total. The summed E-state index contributed by atoms with van der Waals surface area (Å²) >= 11 is 0. The maximum absolute atomic E-state index is 13.8. The predicted molar refractivity (Wildman–Crippen MR) is 106 cm³/mol. The fourth-order valence-electron chi connectivity index (χ4n) is 3.90. The highest BCUT2D eigenvalue weighted by Crippen LogP contribution is 2.24. The minimum Gasteiger partial charge on any atom is -0.338 e. The van der Waals surface area contributed by atoms with Crippen molar-refractivity contribution in [2.45, 2.75) is 19.8 Å². The van der Waals surface area contributed by atoms with Crippen molar-refractivity contribution in [3.8, 4) is 0 Å². The fourth-order valence-corrected chi connectivity index (χ4v) is 3.90. The third kappa shape index (κ3) is 3.99. The summed E-state index contributed by atoms with van der Waals surface area (Å²) in [5.74, 6) is -0.288. The quantitative estimate of drug-likeness (QED) is 0.810. The molecule has 4 rings (SSSR count). The highest BCUT2D eigenvalue weighted by molar-refractivity contribution is 6.12. The lowest BCUT2D eigenvalue weighted by Crippen LogP contribution is -2.29. The number of hydrogen-bond acceptors (Lipinski definition) is 3. The Labute approximate surface area is 168 Å². The van der Waals surface area contributed by atoms with Crippen molar-refractivity contribution in [2.24, 2.45) is 5.92 Å². The van der Waals surface area contributed by atoms with Crippen LogP contribution in [0.15, 0.2) is 42.5 Å². The summed E-state index contributed by atoms with van der Waals surface area (Å²) in [4.78, 5) is 39.0. The molecular weight excluding hydrogens is 373 g/mol. The van der Waals surface area contributed by atoms with Crippen molar-refractivity contribution >= 4 is 23.5 Å². The largest absolute Gasteiger partial charge is 0.338 e. The molecule has 1 N–H and O–H groups in total. The standard InChI is InChI=1S/C22H22FN3O3/c1-14-2-3-15(11-19(14)23)10-16-8-9-25(12-16)21(28)17-4-6-18(7-5-17)26-13-20(27)24-22(26)29/h2-7,11,16H,8-10,12-13H2,1H3,(H,24,27,29). The highest BCUT2D eigenvalue weighted by Gasteiger charge is 2.29. The van der Waals surface area contributed by atoms with Gasteiger partial charge in [-0.1, -0.05) is 12.1 Å². The number of hydrogen-bond donors (Lipinski definition) is 1. The minimum atomic E-state index is -0.455. The molecule has 0 radical (unpaired) electrons. The minimum absolute atomic E-state index is 0.0143. The summed E-state index contributed by atoms with van der Waals surface area (Å²) < 4.78 is 13.8. The number of halogens is 1. The van der Waals surface area contributed by atoms with Crippen LogP contribution in [0.4, 0.5) is 14.9 Å². The number of urea groups is 1. The number of aryl methyl sites for hydroxylation is 1. The second kappa shape index (κ2) is 7.66. The Hall–Kier alpha value is -3.22. The van der Waals surface area contributed by atoms with Crippen molar-refractivity contribution in [1.82, 2.24) is 10.2 Å². The number of imide groups is 1. The second-order valence-corrected chi connectivity index (χ2v) is 7.68. The zero-order chi connectivity index (χ0) is 20.5. The average Bonchev–Trinajstić information content (AvgIpc) is 3.30. The summed E-state index contributed by atoms with van der Waals surface area (Å²) in [6.45, 7) is 3.04. The summed E-state index contributed by atoms with van der Waals surface area (Å²) in [6.07, 6.45) is 1.63. The SMILES string of the molecule is Cc1ccc(CC2CCN(C(=O)c3ccc(N4CC(=O)NC4=O)cc3)C2)cc1F. The van der Waals surface area contributed by atoms with E-state index in [2.05, 4.69) is 5.32 Å². The summed E-state index contributed by atoms with van der Waals surface area (Å²) in [5.41, 5.74) is 2.71. The molecule has 0 bridgehead atoms. The number of likely N-dealkylation sites (tertiary alicyclic amines) is 1. The number of nitrogens with zero attached hydrogens (tertiary/aromatic N) is 2. The van der Waals surface area contributed by atoms with Gasteiger partial charge in [0.1, 0.15) is 12.4 Å². The van der Waals surface area contributed by atoms with E-state index >= 15 is 0 Å². The van der Waals surface area contributed by atoms with Crippen LogP contribution in [0.1, 0.15) is 27.9 Å². The molecule has 2 fully saturated rings. The van der Waals surface area contributed by atoms with Gasteiger partial charge in [0.25, 0.3) is 5.91 Å². The first-order chi connectivity index (χ1) is 13.9. The van der Waals surface area contributed by atoms with E-state index in [9.17, 15) is 18.8 Å². The Morgan fingerprint density at radius 2 is 1.93 bits per heavy atom. The maximum atomic E-state index is 13.8. The Morgan fingerprint density at radius 3 is 2.59 bits per heavy atom. The summed E-state index contributed by atoms with van der Waals surface area (Å²) in [7, 11) is 0. The zero-order valence-corrected chi connectivity index (χ0v) is 16.2. The molecule has 2 aliphatic rings. The maximum Gasteiger partial charge on any atom is 0.329 e. The van der Waals surface area contributed by atoms with Gasteiger partial charge in [-0.25, -0.2) is 9.18 Å². The average molecular weight is 395 g/mol. The zero-order valence-electron chi connectivity index (χ0n) is 16.2. The molecule has 0 aliphatic carbocycles. The summed E-state index contributed by atoms with van der Waals surface area (Å²) in [6, 6.07) is 11.6. The highest BCUT2D eigenvalue weighted by atomic mass is 19.1. The molecular formula is C22H22FN3O3. The molecule has 150 valence electrons. The smallest absolute Gasteiger partial charge is 0.329 e. The Kier molecular flexibility index (Phi) is 5.05. The second-order valence-electron chi connectivity index (χ2n) is 7.68. The number of carbonyl (C=O) groups is 3. The Bertz CT molecular complexity index is 974. The van der Waals surface area contributed by atoms with Crippen LogP contribution >= 0.6 is 0 Å². The van der Waals surface area contributed by atoms with Crippen LogP contribution in [0.25, 0.3) is 0 Å². The van der Waals surface area contributed by atoms with Crippen LogP contribution in [0, 0.1) is 18.7 Å². The van der Waals surface area contributed by atoms with Crippen molar-refractivity contribution in [2.75, 3.05) is 24.5 Å². The lowest BCUT2D eigenvalue weighted by atomic mass is 9.98. The van der Waals surface area contributed by atoms with Crippen molar-refractivity contribution < 1.29 is 18.8 Å². The molecule has 2 heterocycles. The van der Waals surface area contributed by atoms with Crippen LogP contribution in [0.5, 0.6) is 0 Å². The van der Waals surface area contributed by atoms with Crippen LogP contribution < -0.4 is 10.2 Å². The number of benzene rings is 2. The van der Waals surface area contributed by atoms with E-state index in [1.807, 2.05) is 11.0 Å². The number of nitrogens with one attached hydrogen (secondary N) is 1. The van der Waals surface area contributed by atoms with Gasteiger partial charge in [0.05, 0.1) is 0 Å². The Morgan fingerprint density at radius 1 is 1.17 bits per heavy atom. The van der Waals surface area contributed by atoms with Gasteiger partial charge < -0.3 is 4.90 Å². The number of carbonyl (C=O) groups excluding carboxylic acids is 3. The summed E-state index contributed by atoms with van der Waals surface area (Å²) in [5, 5.41) is 2.23. The number of amides is 4. The normalized spacial score (nSPS) is 19.0. The van der Waals surface area contributed by atoms with Crippen LogP contribution in [0.2, 0.25) is 0 Å². The molecule has 0 saturated carbocycles. The Balaban J connectivity index is 1.38. The molecule has 29 heavy (non-hydrogen) atoms. The van der Waals surface area contributed by atoms with Gasteiger partial charge in [0, 0.05) is 24.3 Å². The molecule has 4 amide bonds. The van der Waals surface area contributed by atoms with E-state index in [-0.39, 0.29) is 24.2 Å². The first-order valence-corrected chi connectivity index (χ1v) is 9.66. The molecule has 2 saturated heterocycles. The molecule has 0 spiro atoms. The number of rotatable bonds is 4. The fraction of sp³-hybridized carbons (Fsp3) is 0.318. The third-order valence-electron chi connectivity index (χ3n) is 5.55. The van der Waals surface area contributed by atoms with Gasteiger partial charge in [0.2, 0.25) is 5.91 Å². The van der Waals surface area contributed by atoms with E-state index in [4.69, 9.17) is 0 Å². The van der Waals surface area contributed by atoms with Gasteiger partial charge >= 0.3 is 6.03 Å². The van der Waals surface area contributed by atoms with E-state index < -0.39 is 6.03 Å². The van der Waals surface area contributed by atoms with E-state index in [0.29, 0.717) is 35.8 Å². The molecule has 2 aliphatic heterocycles. The van der Waals surface area contributed by atoms with Gasteiger partial charge in [-0.3, -0.25) is 19.8 Å². The molecule has 2 aromatic carbocycles. The lowest BCUT2D eigenvalue weighted by Gasteiger charge is -2.18. The molecule has 2 aromatic rings.